The SMILES string of the molecule is c1ccc(-c2cccc(-c3nc(-c4ccccc4)nc(-c4ccc(-c5cc(-c6ccccc6)c(-c6cccnc6)cc5-c5ccccc5)cc4)n3)c2)cc1. The Bertz CT molecular complexity index is 2660. The first kappa shape index (κ1) is 32.6. The Kier molecular flexibility index (Phi) is 8.90. The third-order valence-electron chi connectivity index (χ3n) is 9.65. The van der Waals surface area contributed by atoms with E-state index in [1.807, 2.05) is 54.9 Å². The fourth-order valence-electron chi connectivity index (χ4n) is 6.93. The molecule has 0 aliphatic carbocycles. The van der Waals surface area contributed by atoms with E-state index in [9.17, 15) is 0 Å². The fraction of sp³-hybridized carbons (Fsp3) is 0. The summed E-state index contributed by atoms with van der Waals surface area (Å²) in [4.78, 5) is 19.6. The molecule has 9 aromatic rings. The van der Waals surface area contributed by atoms with E-state index in [2.05, 4.69) is 157 Å². The van der Waals surface area contributed by atoms with Gasteiger partial charge >= 0.3 is 0 Å². The van der Waals surface area contributed by atoms with Crippen molar-refractivity contribution in [2.24, 2.45) is 0 Å². The van der Waals surface area contributed by atoms with Crippen LogP contribution in [0.2, 0.25) is 0 Å². The maximum atomic E-state index is 5.07. The van der Waals surface area contributed by atoms with Crippen LogP contribution in [0.25, 0.3) is 89.8 Å². The summed E-state index contributed by atoms with van der Waals surface area (Å²) in [5.74, 6) is 1.89. The predicted molar refractivity (Wildman–Crippen MR) is 221 cm³/mol. The number of aromatic nitrogens is 4. The summed E-state index contributed by atoms with van der Waals surface area (Å²) < 4.78 is 0. The number of benzene rings is 7. The van der Waals surface area contributed by atoms with E-state index >= 15 is 0 Å². The van der Waals surface area contributed by atoms with Gasteiger partial charge in [0.2, 0.25) is 0 Å². The molecule has 2 heterocycles. The van der Waals surface area contributed by atoms with Crippen molar-refractivity contribution in [1.82, 2.24) is 19.9 Å². The van der Waals surface area contributed by atoms with Crippen molar-refractivity contribution in [1.29, 1.82) is 0 Å². The van der Waals surface area contributed by atoms with Crippen LogP contribution in [0, 0.1) is 0 Å². The summed E-state index contributed by atoms with van der Waals surface area (Å²) in [6, 6.07) is 67.4. The summed E-state index contributed by atoms with van der Waals surface area (Å²) in [7, 11) is 0. The van der Waals surface area contributed by atoms with Gasteiger partial charge in [-0.3, -0.25) is 4.98 Å². The van der Waals surface area contributed by atoms with Crippen molar-refractivity contribution in [3.8, 4) is 89.8 Å². The maximum absolute atomic E-state index is 5.07. The highest BCUT2D eigenvalue weighted by Gasteiger charge is 2.18. The third kappa shape index (κ3) is 6.72. The second kappa shape index (κ2) is 14.7. The second-order valence-electron chi connectivity index (χ2n) is 13.1. The smallest absolute Gasteiger partial charge is 0.164 e. The van der Waals surface area contributed by atoms with Crippen LogP contribution in [0.4, 0.5) is 0 Å². The molecule has 0 saturated carbocycles. The van der Waals surface area contributed by atoms with E-state index in [1.165, 1.54) is 0 Å². The topological polar surface area (TPSA) is 51.6 Å². The van der Waals surface area contributed by atoms with Crippen LogP contribution in [-0.4, -0.2) is 19.9 Å². The first-order valence-electron chi connectivity index (χ1n) is 18.0. The first-order chi connectivity index (χ1) is 26.8. The summed E-state index contributed by atoms with van der Waals surface area (Å²) in [6.07, 6.45) is 3.76. The second-order valence-corrected chi connectivity index (χ2v) is 13.1. The fourth-order valence-corrected chi connectivity index (χ4v) is 6.93. The average molecular weight is 691 g/mol. The molecule has 0 spiro atoms. The highest BCUT2D eigenvalue weighted by molar-refractivity contribution is 5.95. The van der Waals surface area contributed by atoms with Crippen molar-refractivity contribution in [2.75, 3.05) is 0 Å². The molecule has 0 fully saturated rings. The lowest BCUT2D eigenvalue weighted by Crippen LogP contribution is -2.00. The Morgan fingerprint density at radius 2 is 0.611 bits per heavy atom. The van der Waals surface area contributed by atoms with Gasteiger partial charge in [0.25, 0.3) is 0 Å². The third-order valence-corrected chi connectivity index (χ3v) is 9.65. The van der Waals surface area contributed by atoms with E-state index in [0.29, 0.717) is 17.5 Å². The van der Waals surface area contributed by atoms with Crippen molar-refractivity contribution in [3.63, 3.8) is 0 Å². The molecular formula is C50H34N4. The van der Waals surface area contributed by atoms with Crippen LogP contribution < -0.4 is 0 Å². The standard InChI is InChI=1S/C50H34N4/c1-5-15-35(16-6-1)41-23-13-24-42(31-41)50-53-48(39-21-11-4-12-22-39)52-49(54-50)40-28-26-38(27-29-40)46-32-45(37-19-9-3-10-20-37)47(43-25-14-30-51-34-43)33-44(46)36-17-7-2-8-18-36/h1-34H. The molecule has 54 heavy (non-hydrogen) atoms. The van der Waals surface area contributed by atoms with Crippen LogP contribution in [0.1, 0.15) is 0 Å². The highest BCUT2D eigenvalue weighted by atomic mass is 15.0. The molecule has 9 rings (SSSR count). The molecule has 0 aliphatic rings. The minimum absolute atomic E-state index is 0.621. The van der Waals surface area contributed by atoms with Crippen molar-refractivity contribution < 1.29 is 0 Å². The minimum atomic E-state index is 0.621. The van der Waals surface area contributed by atoms with Crippen LogP contribution in [0.15, 0.2) is 207 Å². The molecule has 0 atom stereocenters. The van der Waals surface area contributed by atoms with Gasteiger partial charge in [-0.05, 0) is 74.3 Å². The van der Waals surface area contributed by atoms with Crippen molar-refractivity contribution >= 4 is 0 Å². The van der Waals surface area contributed by atoms with Crippen LogP contribution in [0.5, 0.6) is 0 Å². The normalized spacial score (nSPS) is 11.0. The largest absolute Gasteiger partial charge is 0.264 e. The zero-order valence-corrected chi connectivity index (χ0v) is 29.4. The van der Waals surface area contributed by atoms with Gasteiger partial charge in [0.1, 0.15) is 0 Å². The van der Waals surface area contributed by atoms with Gasteiger partial charge in [0.05, 0.1) is 0 Å². The van der Waals surface area contributed by atoms with Gasteiger partial charge in [-0.15, -0.1) is 0 Å². The monoisotopic (exact) mass is 690 g/mol. The molecule has 0 bridgehead atoms. The lowest BCUT2D eigenvalue weighted by atomic mass is 9.86. The molecule has 0 radical (unpaired) electrons. The lowest BCUT2D eigenvalue weighted by Gasteiger charge is -2.18. The lowest BCUT2D eigenvalue weighted by molar-refractivity contribution is 1.07. The van der Waals surface area contributed by atoms with E-state index in [-0.39, 0.29) is 0 Å². The van der Waals surface area contributed by atoms with E-state index in [4.69, 9.17) is 15.0 Å². The molecule has 0 amide bonds. The van der Waals surface area contributed by atoms with Gasteiger partial charge < -0.3 is 0 Å². The molecule has 254 valence electrons. The van der Waals surface area contributed by atoms with Crippen molar-refractivity contribution in [3.05, 3.63) is 207 Å². The number of rotatable bonds is 8. The van der Waals surface area contributed by atoms with Crippen LogP contribution >= 0.6 is 0 Å². The first-order valence-corrected chi connectivity index (χ1v) is 18.0. The zero-order valence-electron chi connectivity index (χ0n) is 29.4. The molecule has 0 N–H and O–H groups in total. The summed E-state index contributed by atoms with van der Waals surface area (Å²) >= 11 is 0. The summed E-state index contributed by atoms with van der Waals surface area (Å²) in [5, 5.41) is 0. The summed E-state index contributed by atoms with van der Waals surface area (Å²) in [5.41, 5.74) is 14.1. The average Bonchev–Trinajstić information content (AvgIpc) is 3.27. The molecule has 0 unspecified atom stereocenters. The molecule has 7 aromatic carbocycles. The number of nitrogens with zero attached hydrogens (tertiary/aromatic N) is 4. The quantitative estimate of drug-likeness (QED) is 0.159. The Hall–Kier alpha value is -7.30. The van der Waals surface area contributed by atoms with Gasteiger partial charge in [-0.2, -0.15) is 0 Å². The molecule has 0 aliphatic heterocycles. The van der Waals surface area contributed by atoms with Gasteiger partial charge in [-0.1, -0.05) is 170 Å². The predicted octanol–water partition coefficient (Wildman–Crippen LogP) is 12.6. The number of pyridine rings is 1. The van der Waals surface area contributed by atoms with Crippen LogP contribution in [-0.2, 0) is 0 Å². The summed E-state index contributed by atoms with van der Waals surface area (Å²) in [6.45, 7) is 0. The van der Waals surface area contributed by atoms with Gasteiger partial charge in [-0.25, -0.2) is 15.0 Å². The molecular weight excluding hydrogens is 657 g/mol. The van der Waals surface area contributed by atoms with Crippen molar-refractivity contribution in [2.45, 2.75) is 0 Å². The zero-order chi connectivity index (χ0) is 36.1. The molecule has 4 nitrogen and oxygen atoms in total. The van der Waals surface area contributed by atoms with E-state index in [1.54, 1.807) is 0 Å². The van der Waals surface area contributed by atoms with Gasteiger partial charge in [0.15, 0.2) is 17.5 Å². The Balaban J connectivity index is 1.18. The maximum Gasteiger partial charge on any atom is 0.164 e. The molecule has 4 heteroatoms. The van der Waals surface area contributed by atoms with Gasteiger partial charge in [0, 0.05) is 34.6 Å². The molecule has 2 aromatic heterocycles. The minimum Gasteiger partial charge on any atom is -0.264 e. The Labute approximate surface area is 315 Å². The Morgan fingerprint density at radius 1 is 0.241 bits per heavy atom. The Morgan fingerprint density at radius 3 is 1.13 bits per heavy atom. The molecule has 0 saturated heterocycles. The van der Waals surface area contributed by atoms with E-state index in [0.717, 1.165) is 72.3 Å². The number of hydrogen-bond acceptors (Lipinski definition) is 4. The number of hydrogen-bond donors (Lipinski definition) is 0. The highest BCUT2D eigenvalue weighted by Crippen LogP contribution is 2.42. The van der Waals surface area contributed by atoms with E-state index < -0.39 is 0 Å². The van der Waals surface area contributed by atoms with Crippen LogP contribution in [0.3, 0.4) is 0 Å².